The minimum absolute atomic E-state index is 0.0463. The molecule has 21 heavy (non-hydrogen) atoms. The molecule has 0 spiro atoms. The summed E-state index contributed by atoms with van der Waals surface area (Å²) in [6.07, 6.45) is 1.63. The molecule has 0 bridgehead atoms. The van der Waals surface area contributed by atoms with Gasteiger partial charge in [0.2, 0.25) is 5.91 Å². The van der Waals surface area contributed by atoms with E-state index in [0.717, 1.165) is 6.20 Å². The standard InChI is InChI=1S/C15H21FN2O3/c1-9-4-13(14(16)6-17-9)15(18-11(3)20)8-21-10(2)5-12(15)7-19/h4,6,10,12,19H,5,7-8H2,1-3H3,(H,18,20)/t10-,12-,15-/m0/s1. The molecule has 3 atom stereocenters. The predicted molar refractivity (Wildman–Crippen MR) is 75.0 cm³/mol. The van der Waals surface area contributed by atoms with Crippen LogP contribution in [-0.4, -0.2) is 35.3 Å². The van der Waals surface area contributed by atoms with Gasteiger partial charge in [0, 0.05) is 30.7 Å². The van der Waals surface area contributed by atoms with E-state index >= 15 is 0 Å². The van der Waals surface area contributed by atoms with Crippen LogP contribution in [0.4, 0.5) is 4.39 Å². The molecule has 2 N–H and O–H groups in total. The van der Waals surface area contributed by atoms with Gasteiger partial charge in [0.25, 0.3) is 0 Å². The second kappa shape index (κ2) is 6.07. The molecule has 0 radical (unpaired) electrons. The van der Waals surface area contributed by atoms with Crippen molar-refractivity contribution in [2.24, 2.45) is 5.92 Å². The van der Waals surface area contributed by atoms with E-state index in [1.54, 1.807) is 13.0 Å². The van der Waals surface area contributed by atoms with Crippen LogP contribution >= 0.6 is 0 Å². The fourth-order valence-corrected chi connectivity index (χ4v) is 2.99. The molecule has 5 nitrogen and oxygen atoms in total. The molecular weight excluding hydrogens is 275 g/mol. The number of halogens is 1. The molecule has 1 fully saturated rings. The number of ether oxygens (including phenoxy) is 1. The highest BCUT2D eigenvalue weighted by Gasteiger charge is 2.47. The summed E-state index contributed by atoms with van der Waals surface area (Å²) in [6, 6.07) is 1.60. The van der Waals surface area contributed by atoms with Crippen molar-refractivity contribution in [3.63, 3.8) is 0 Å². The van der Waals surface area contributed by atoms with Crippen molar-refractivity contribution < 1.29 is 19.0 Å². The molecule has 0 aliphatic carbocycles. The van der Waals surface area contributed by atoms with E-state index in [1.165, 1.54) is 6.92 Å². The molecule has 1 amide bonds. The summed E-state index contributed by atoms with van der Waals surface area (Å²) < 4.78 is 20.0. The summed E-state index contributed by atoms with van der Waals surface area (Å²) >= 11 is 0. The predicted octanol–water partition coefficient (Wildman–Crippen LogP) is 1.28. The van der Waals surface area contributed by atoms with Crippen LogP contribution < -0.4 is 5.32 Å². The topological polar surface area (TPSA) is 71.5 Å². The van der Waals surface area contributed by atoms with Gasteiger partial charge in [0.05, 0.1) is 24.4 Å². The summed E-state index contributed by atoms with van der Waals surface area (Å²) in [4.78, 5) is 15.6. The molecule has 1 aromatic heterocycles. The Morgan fingerprint density at radius 1 is 1.67 bits per heavy atom. The van der Waals surface area contributed by atoms with Crippen LogP contribution in [0.15, 0.2) is 12.3 Å². The summed E-state index contributed by atoms with van der Waals surface area (Å²) in [7, 11) is 0. The SMILES string of the molecule is CC(=O)N[C@@]1(c2cc(C)ncc2F)CO[C@@H](C)C[C@H]1CO. The first-order valence-corrected chi connectivity index (χ1v) is 7.03. The number of nitrogens with one attached hydrogen (secondary N) is 1. The molecule has 1 aliphatic heterocycles. The maximum absolute atomic E-state index is 14.3. The van der Waals surface area contributed by atoms with Gasteiger partial charge in [-0.1, -0.05) is 0 Å². The monoisotopic (exact) mass is 296 g/mol. The van der Waals surface area contributed by atoms with E-state index in [-0.39, 0.29) is 31.1 Å². The van der Waals surface area contributed by atoms with Crippen LogP contribution in [0.2, 0.25) is 0 Å². The molecule has 0 aromatic carbocycles. The number of carbonyl (C=O) groups is 1. The van der Waals surface area contributed by atoms with E-state index in [2.05, 4.69) is 10.3 Å². The minimum Gasteiger partial charge on any atom is -0.396 e. The number of amides is 1. The van der Waals surface area contributed by atoms with Crippen LogP contribution in [0.3, 0.4) is 0 Å². The highest BCUT2D eigenvalue weighted by atomic mass is 19.1. The second-order valence-corrected chi connectivity index (χ2v) is 5.69. The van der Waals surface area contributed by atoms with Gasteiger partial charge >= 0.3 is 0 Å². The number of nitrogens with zero attached hydrogens (tertiary/aromatic N) is 1. The maximum Gasteiger partial charge on any atom is 0.217 e. The van der Waals surface area contributed by atoms with Crippen LogP contribution in [0.1, 0.15) is 31.5 Å². The van der Waals surface area contributed by atoms with Gasteiger partial charge in [-0.3, -0.25) is 9.78 Å². The van der Waals surface area contributed by atoms with Crippen molar-refractivity contribution in [3.8, 4) is 0 Å². The lowest BCUT2D eigenvalue weighted by atomic mass is 9.74. The number of carbonyl (C=O) groups excluding carboxylic acids is 1. The van der Waals surface area contributed by atoms with Gasteiger partial charge in [-0.15, -0.1) is 0 Å². The van der Waals surface area contributed by atoms with Crippen LogP contribution in [-0.2, 0) is 15.1 Å². The number of aliphatic hydroxyl groups excluding tert-OH is 1. The number of hydrogen-bond donors (Lipinski definition) is 2. The molecule has 1 aliphatic rings. The quantitative estimate of drug-likeness (QED) is 0.881. The molecule has 1 saturated heterocycles. The van der Waals surface area contributed by atoms with Crippen molar-refractivity contribution >= 4 is 5.91 Å². The van der Waals surface area contributed by atoms with Crippen LogP contribution in [0.25, 0.3) is 0 Å². The number of pyridine rings is 1. The Balaban J connectivity index is 2.55. The lowest BCUT2D eigenvalue weighted by Crippen LogP contribution is -2.59. The largest absolute Gasteiger partial charge is 0.396 e. The fourth-order valence-electron chi connectivity index (χ4n) is 2.99. The Labute approximate surface area is 123 Å². The summed E-state index contributed by atoms with van der Waals surface area (Å²) in [5, 5.41) is 12.5. The average Bonchev–Trinajstić information content (AvgIpc) is 2.43. The Bertz CT molecular complexity index is 538. The van der Waals surface area contributed by atoms with Gasteiger partial charge in [-0.25, -0.2) is 4.39 Å². The first kappa shape index (κ1) is 15.9. The van der Waals surface area contributed by atoms with Crippen LogP contribution in [0, 0.1) is 18.7 Å². The lowest BCUT2D eigenvalue weighted by molar-refractivity contribution is -0.130. The van der Waals surface area contributed by atoms with Gasteiger partial charge in [0.1, 0.15) is 5.82 Å². The number of rotatable bonds is 3. The molecule has 0 saturated carbocycles. The second-order valence-electron chi connectivity index (χ2n) is 5.69. The zero-order valence-corrected chi connectivity index (χ0v) is 12.5. The Hall–Kier alpha value is -1.53. The number of aliphatic hydroxyl groups is 1. The first-order valence-electron chi connectivity index (χ1n) is 7.03. The molecule has 116 valence electrons. The van der Waals surface area contributed by atoms with E-state index in [0.29, 0.717) is 17.7 Å². The normalized spacial score (nSPS) is 29.2. The van der Waals surface area contributed by atoms with E-state index in [4.69, 9.17) is 4.74 Å². The van der Waals surface area contributed by atoms with Gasteiger partial charge in [-0.05, 0) is 26.3 Å². The fraction of sp³-hybridized carbons (Fsp3) is 0.600. The van der Waals surface area contributed by atoms with Gasteiger partial charge in [-0.2, -0.15) is 0 Å². The van der Waals surface area contributed by atoms with Crippen molar-refractivity contribution in [2.75, 3.05) is 13.2 Å². The lowest BCUT2D eigenvalue weighted by Gasteiger charge is -2.46. The highest BCUT2D eigenvalue weighted by Crippen LogP contribution is 2.39. The molecule has 0 unspecified atom stereocenters. The first-order chi connectivity index (χ1) is 9.89. The zero-order chi connectivity index (χ0) is 15.6. The minimum atomic E-state index is -1.06. The Kier molecular flexibility index (Phi) is 4.58. The number of aromatic nitrogens is 1. The summed E-state index contributed by atoms with van der Waals surface area (Å²) in [5.41, 5.74) is -0.104. The Morgan fingerprint density at radius 3 is 3.00 bits per heavy atom. The van der Waals surface area contributed by atoms with Crippen molar-refractivity contribution in [1.82, 2.24) is 10.3 Å². The number of hydrogen-bond acceptors (Lipinski definition) is 4. The van der Waals surface area contributed by atoms with Crippen molar-refractivity contribution in [1.29, 1.82) is 0 Å². The van der Waals surface area contributed by atoms with Crippen molar-refractivity contribution in [2.45, 2.75) is 38.8 Å². The zero-order valence-electron chi connectivity index (χ0n) is 12.5. The van der Waals surface area contributed by atoms with Gasteiger partial charge < -0.3 is 15.2 Å². The summed E-state index contributed by atoms with van der Waals surface area (Å²) in [5.74, 6) is -1.12. The summed E-state index contributed by atoms with van der Waals surface area (Å²) in [6.45, 7) is 4.99. The third-order valence-corrected chi connectivity index (χ3v) is 4.00. The average molecular weight is 296 g/mol. The van der Waals surface area contributed by atoms with E-state index in [9.17, 15) is 14.3 Å². The van der Waals surface area contributed by atoms with E-state index in [1.807, 2.05) is 6.92 Å². The third-order valence-electron chi connectivity index (χ3n) is 4.00. The molecule has 2 rings (SSSR count). The van der Waals surface area contributed by atoms with E-state index < -0.39 is 11.4 Å². The third kappa shape index (κ3) is 3.06. The molecule has 6 heteroatoms. The smallest absolute Gasteiger partial charge is 0.217 e. The van der Waals surface area contributed by atoms with Crippen LogP contribution in [0.5, 0.6) is 0 Å². The highest BCUT2D eigenvalue weighted by molar-refractivity contribution is 5.74. The maximum atomic E-state index is 14.3. The number of aryl methyl sites for hydroxylation is 1. The van der Waals surface area contributed by atoms with Crippen molar-refractivity contribution in [3.05, 3.63) is 29.3 Å². The molecule has 1 aromatic rings. The Morgan fingerprint density at radius 2 is 2.38 bits per heavy atom. The van der Waals surface area contributed by atoms with Gasteiger partial charge in [0.15, 0.2) is 0 Å². The molecular formula is C15H21FN2O3. The molecule has 2 heterocycles.